The van der Waals surface area contributed by atoms with Crippen molar-refractivity contribution in [2.45, 2.75) is 19.9 Å². The lowest BCUT2D eigenvalue weighted by Crippen LogP contribution is -2.45. The van der Waals surface area contributed by atoms with Gasteiger partial charge < -0.3 is 10.1 Å². The lowest BCUT2D eigenvalue weighted by atomic mass is 10.0. The Morgan fingerprint density at radius 1 is 1.32 bits per heavy atom. The summed E-state index contributed by atoms with van der Waals surface area (Å²) in [4.78, 5) is 27.4. The molecule has 0 aliphatic heterocycles. The van der Waals surface area contributed by atoms with Crippen molar-refractivity contribution in [1.82, 2.24) is 10.3 Å². The van der Waals surface area contributed by atoms with Gasteiger partial charge in [0.25, 0.3) is 5.91 Å². The van der Waals surface area contributed by atoms with E-state index in [1.165, 1.54) is 19.2 Å². The maximum Gasteiger partial charge on any atom is 0.328 e. The first-order valence-corrected chi connectivity index (χ1v) is 6.33. The predicted molar refractivity (Wildman–Crippen MR) is 72.4 cm³/mol. The summed E-state index contributed by atoms with van der Waals surface area (Å²) in [6.45, 7) is 3.57. The van der Waals surface area contributed by atoms with Crippen molar-refractivity contribution < 1.29 is 14.3 Å². The van der Waals surface area contributed by atoms with Crippen LogP contribution in [0.4, 0.5) is 0 Å². The van der Waals surface area contributed by atoms with E-state index in [4.69, 9.17) is 23.2 Å². The van der Waals surface area contributed by atoms with E-state index in [-0.39, 0.29) is 21.8 Å². The minimum atomic E-state index is -0.769. The van der Waals surface area contributed by atoms with Gasteiger partial charge in [0.15, 0.2) is 0 Å². The van der Waals surface area contributed by atoms with Crippen LogP contribution >= 0.6 is 23.2 Å². The monoisotopic (exact) mass is 304 g/mol. The molecule has 19 heavy (non-hydrogen) atoms. The van der Waals surface area contributed by atoms with Gasteiger partial charge in [0.1, 0.15) is 16.9 Å². The Labute approximate surface area is 121 Å². The molecule has 0 saturated heterocycles. The minimum Gasteiger partial charge on any atom is -0.467 e. The molecule has 1 rings (SSSR count). The quantitative estimate of drug-likeness (QED) is 0.684. The zero-order valence-electron chi connectivity index (χ0n) is 10.7. The molecule has 0 aliphatic rings. The number of hydrogen-bond acceptors (Lipinski definition) is 4. The van der Waals surface area contributed by atoms with Crippen LogP contribution < -0.4 is 5.32 Å². The molecule has 0 radical (unpaired) electrons. The molecule has 1 atom stereocenters. The minimum absolute atomic E-state index is 0.0243. The summed E-state index contributed by atoms with van der Waals surface area (Å²) in [5.74, 6) is -1.23. The van der Waals surface area contributed by atoms with Gasteiger partial charge in [-0.3, -0.25) is 4.79 Å². The smallest absolute Gasteiger partial charge is 0.328 e. The third-order valence-electron chi connectivity index (χ3n) is 2.44. The van der Waals surface area contributed by atoms with Crippen molar-refractivity contribution in [3.63, 3.8) is 0 Å². The molecule has 1 unspecified atom stereocenters. The van der Waals surface area contributed by atoms with Gasteiger partial charge in [0, 0.05) is 0 Å². The first-order chi connectivity index (χ1) is 8.86. The average molecular weight is 305 g/mol. The fraction of sp³-hybridized carbons (Fsp3) is 0.417. The van der Waals surface area contributed by atoms with Crippen LogP contribution in [0.5, 0.6) is 0 Å². The fourth-order valence-corrected chi connectivity index (χ4v) is 1.75. The van der Waals surface area contributed by atoms with Crippen molar-refractivity contribution in [3.05, 3.63) is 28.0 Å². The summed E-state index contributed by atoms with van der Waals surface area (Å²) in [6, 6.07) is 2.17. The molecule has 7 heteroatoms. The summed E-state index contributed by atoms with van der Waals surface area (Å²) in [6.07, 6.45) is 0. The molecule has 0 spiro atoms. The van der Waals surface area contributed by atoms with Crippen molar-refractivity contribution in [3.8, 4) is 0 Å². The van der Waals surface area contributed by atoms with E-state index in [2.05, 4.69) is 15.0 Å². The molecule has 0 fully saturated rings. The van der Waals surface area contributed by atoms with Crippen molar-refractivity contribution in [1.29, 1.82) is 0 Å². The topological polar surface area (TPSA) is 68.3 Å². The molecule has 1 aromatic heterocycles. The Morgan fingerprint density at radius 3 is 2.47 bits per heavy atom. The SMILES string of the molecule is COC(=O)C(NC(=O)c1nc(Cl)ccc1Cl)C(C)C. The molecule has 0 aromatic carbocycles. The van der Waals surface area contributed by atoms with Crippen LogP contribution in [-0.2, 0) is 9.53 Å². The van der Waals surface area contributed by atoms with Crippen LogP contribution in [0, 0.1) is 5.92 Å². The summed E-state index contributed by atoms with van der Waals surface area (Å²) >= 11 is 11.6. The number of carbonyl (C=O) groups is 2. The van der Waals surface area contributed by atoms with Gasteiger partial charge in [-0.25, -0.2) is 9.78 Å². The predicted octanol–water partition coefficient (Wildman–Crippen LogP) is 2.32. The first kappa shape index (κ1) is 15.7. The van der Waals surface area contributed by atoms with Crippen LogP contribution in [0.1, 0.15) is 24.3 Å². The Morgan fingerprint density at radius 2 is 1.95 bits per heavy atom. The van der Waals surface area contributed by atoms with E-state index in [1.54, 1.807) is 13.8 Å². The highest BCUT2D eigenvalue weighted by atomic mass is 35.5. The van der Waals surface area contributed by atoms with Gasteiger partial charge in [-0.15, -0.1) is 0 Å². The molecule has 0 bridgehead atoms. The Bertz CT molecular complexity index is 492. The van der Waals surface area contributed by atoms with Crippen molar-refractivity contribution in [2.24, 2.45) is 5.92 Å². The Balaban J connectivity index is 2.94. The third-order valence-corrected chi connectivity index (χ3v) is 2.95. The third kappa shape index (κ3) is 4.08. The van der Waals surface area contributed by atoms with Crippen LogP contribution in [-0.4, -0.2) is 30.0 Å². The molecular weight excluding hydrogens is 291 g/mol. The molecule has 1 amide bonds. The van der Waals surface area contributed by atoms with Crippen molar-refractivity contribution in [2.75, 3.05) is 7.11 Å². The second kappa shape index (κ2) is 6.73. The number of aromatic nitrogens is 1. The standard InChI is InChI=1S/C12H14Cl2N2O3/c1-6(2)9(12(18)19-3)16-11(17)10-7(13)4-5-8(14)15-10/h4-6,9H,1-3H3,(H,16,17). The number of ether oxygens (including phenoxy) is 1. The van der Waals surface area contributed by atoms with Gasteiger partial charge in [-0.2, -0.15) is 0 Å². The number of nitrogens with one attached hydrogen (secondary N) is 1. The lowest BCUT2D eigenvalue weighted by Gasteiger charge is -2.19. The first-order valence-electron chi connectivity index (χ1n) is 5.57. The summed E-state index contributed by atoms with van der Waals surface area (Å²) < 4.78 is 4.63. The van der Waals surface area contributed by atoms with E-state index >= 15 is 0 Å². The van der Waals surface area contributed by atoms with Crippen molar-refractivity contribution >= 4 is 35.1 Å². The number of halogens is 2. The molecule has 1 heterocycles. The van der Waals surface area contributed by atoms with Gasteiger partial charge in [-0.05, 0) is 18.1 Å². The second-order valence-corrected chi connectivity index (χ2v) is 4.98. The lowest BCUT2D eigenvalue weighted by molar-refractivity contribution is -0.144. The van der Waals surface area contributed by atoms with Crippen LogP contribution in [0.3, 0.4) is 0 Å². The maximum absolute atomic E-state index is 12.0. The van der Waals surface area contributed by atoms with Gasteiger partial charge in [0.2, 0.25) is 0 Å². The highest BCUT2D eigenvalue weighted by Gasteiger charge is 2.26. The normalized spacial score (nSPS) is 12.1. The number of hydrogen-bond donors (Lipinski definition) is 1. The van der Waals surface area contributed by atoms with Crippen LogP contribution in [0.15, 0.2) is 12.1 Å². The molecule has 0 aliphatic carbocycles. The van der Waals surface area contributed by atoms with E-state index in [0.29, 0.717) is 0 Å². The summed E-state index contributed by atoms with van der Waals surface area (Å²) in [7, 11) is 1.26. The Hall–Kier alpha value is -1.33. The fourth-order valence-electron chi connectivity index (χ4n) is 1.41. The van der Waals surface area contributed by atoms with E-state index in [1.807, 2.05) is 0 Å². The molecular formula is C12H14Cl2N2O3. The number of methoxy groups -OCH3 is 1. The van der Waals surface area contributed by atoms with Gasteiger partial charge >= 0.3 is 5.97 Å². The number of nitrogens with zero attached hydrogens (tertiary/aromatic N) is 1. The highest BCUT2D eigenvalue weighted by molar-refractivity contribution is 6.34. The van der Waals surface area contributed by atoms with E-state index in [0.717, 1.165) is 0 Å². The number of carbonyl (C=O) groups excluding carboxylic acids is 2. The molecule has 0 saturated carbocycles. The second-order valence-electron chi connectivity index (χ2n) is 4.18. The van der Waals surface area contributed by atoms with Gasteiger partial charge in [0.05, 0.1) is 12.1 Å². The summed E-state index contributed by atoms with van der Waals surface area (Å²) in [5, 5.41) is 2.84. The number of amides is 1. The van der Waals surface area contributed by atoms with E-state index < -0.39 is 17.9 Å². The summed E-state index contributed by atoms with van der Waals surface area (Å²) in [5.41, 5.74) is -0.0243. The Kier molecular flexibility index (Phi) is 5.57. The number of esters is 1. The zero-order valence-corrected chi connectivity index (χ0v) is 12.2. The number of pyridine rings is 1. The number of rotatable bonds is 4. The highest BCUT2D eigenvalue weighted by Crippen LogP contribution is 2.17. The van der Waals surface area contributed by atoms with E-state index in [9.17, 15) is 9.59 Å². The molecule has 1 N–H and O–H groups in total. The molecule has 104 valence electrons. The molecule has 5 nitrogen and oxygen atoms in total. The zero-order chi connectivity index (χ0) is 14.6. The van der Waals surface area contributed by atoms with Crippen LogP contribution in [0.2, 0.25) is 10.2 Å². The molecule has 1 aromatic rings. The average Bonchev–Trinajstić information content (AvgIpc) is 2.37. The maximum atomic E-state index is 12.0. The largest absolute Gasteiger partial charge is 0.467 e. The van der Waals surface area contributed by atoms with Gasteiger partial charge in [-0.1, -0.05) is 37.0 Å². The van der Waals surface area contributed by atoms with Crippen LogP contribution in [0.25, 0.3) is 0 Å².